The van der Waals surface area contributed by atoms with Crippen molar-refractivity contribution >= 4 is 5.91 Å². The van der Waals surface area contributed by atoms with Gasteiger partial charge in [0.05, 0.1) is 0 Å². The van der Waals surface area contributed by atoms with Gasteiger partial charge in [-0.15, -0.1) is 0 Å². The molecule has 1 fully saturated rings. The lowest BCUT2D eigenvalue weighted by Gasteiger charge is -2.19. The Morgan fingerprint density at radius 3 is 2.56 bits per heavy atom. The average Bonchev–Trinajstić information content (AvgIpc) is 2.33. The fourth-order valence-electron chi connectivity index (χ4n) is 2.78. The van der Waals surface area contributed by atoms with E-state index in [4.69, 9.17) is 5.73 Å². The van der Waals surface area contributed by atoms with Crippen molar-refractivity contribution in [2.45, 2.75) is 51.4 Å². The molecule has 1 saturated carbocycles. The van der Waals surface area contributed by atoms with Gasteiger partial charge in [-0.2, -0.15) is 0 Å². The van der Waals surface area contributed by atoms with Crippen LogP contribution in [-0.2, 0) is 6.42 Å². The minimum atomic E-state index is -0.365. The molecule has 1 heterocycles. The molecule has 0 aromatic carbocycles. The van der Waals surface area contributed by atoms with E-state index in [0.717, 1.165) is 18.0 Å². The third-order valence-electron chi connectivity index (χ3n) is 3.82. The summed E-state index contributed by atoms with van der Waals surface area (Å²) in [6, 6.07) is 3.53. The normalized spacial score (nSPS) is 18.0. The smallest absolute Gasteiger partial charge is 0.248 e. The maximum absolute atomic E-state index is 11.1. The Labute approximate surface area is 109 Å². The predicted octanol–water partition coefficient (Wildman–Crippen LogP) is 3.08. The number of hydrogen-bond acceptors (Lipinski definition) is 2. The van der Waals surface area contributed by atoms with E-state index in [0.29, 0.717) is 5.56 Å². The molecule has 0 radical (unpaired) electrons. The lowest BCUT2D eigenvalue weighted by atomic mass is 9.88. The number of aromatic nitrogens is 1. The Kier molecular flexibility index (Phi) is 4.73. The van der Waals surface area contributed by atoms with Crippen LogP contribution in [0.4, 0.5) is 0 Å². The summed E-state index contributed by atoms with van der Waals surface area (Å²) >= 11 is 0. The Balaban J connectivity index is 1.98. The first-order chi connectivity index (χ1) is 8.75. The van der Waals surface area contributed by atoms with E-state index in [9.17, 15) is 4.79 Å². The number of carbonyl (C=O) groups is 1. The van der Waals surface area contributed by atoms with Gasteiger partial charge in [0, 0.05) is 17.5 Å². The Morgan fingerprint density at radius 1 is 1.22 bits per heavy atom. The summed E-state index contributed by atoms with van der Waals surface area (Å²) in [4.78, 5) is 15.5. The van der Waals surface area contributed by atoms with Crippen LogP contribution in [0.3, 0.4) is 0 Å². The molecular formula is C15H22N2O. The standard InChI is InChI=1S/C15H22N2O/c16-15(18)13-8-9-17-14(11-13)10-12-6-4-2-1-3-5-7-12/h8-9,11-12H,1-7,10H2,(H2,16,18). The summed E-state index contributed by atoms with van der Waals surface area (Å²) in [7, 11) is 0. The molecule has 1 aromatic heterocycles. The number of primary amides is 1. The lowest BCUT2D eigenvalue weighted by molar-refractivity contribution is 0.1000. The molecule has 0 bridgehead atoms. The molecule has 0 atom stereocenters. The number of carbonyl (C=O) groups excluding carboxylic acids is 1. The maximum Gasteiger partial charge on any atom is 0.248 e. The van der Waals surface area contributed by atoms with Crippen molar-refractivity contribution in [1.29, 1.82) is 0 Å². The summed E-state index contributed by atoms with van der Waals surface area (Å²) < 4.78 is 0. The summed E-state index contributed by atoms with van der Waals surface area (Å²) in [6.07, 6.45) is 12.1. The van der Waals surface area contributed by atoms with Crippen molar-refractivity contribution < 1.29 is 4.79 Å². The first-order valence-corrected chi connectivity index (χ1v) is 7.00. The number of hydrogen-bond donors (Lipinski definition) is 1. The highest BCUT2D eigenvalue weighted by Gasteiger charge is 2.13. The Hall–Kier alpha value is -1.38. The molecule has 18 heavy (non-hydrogen) atoms. The SMILES string of the molecule is NC(=O)c1ccnc(CC2CCCCCCC2)c1. The van der Waals surface area contributed by atoms with Crippen LogP contribution in [0.5, 0.6) is 0 Å². The molecular weight excluding hydrogens is 224 g/mol. The zero-order chi connectivity index (χ0) is 12.8. The molecule has 2 N–H and O–H groups in total. The highest BCUT2D eigenvalue weighted by molar-refractivity contribution is 5.92. The minimum Gasteiger partial charge on any atom is -0.366 e. The molecule has 0 spiro atoms. The van der Waals surface area contributed by atoms with Crippen LogP contribution in [0.15, 0.2) is 18.3 Å². The van der Waals surface area contributed by atoms with Crippen LogP contribution in [0.1, 0.15) is 61.0 Å². The zero-order valence-electron chi connectivity index (χ0n) is 10.9. The second-order valence-corrected chi connectivity index (χ2v) is 5.32. The van der Waals surface area contributed by atoms with E-state index in [2.05, 4.69) is 4.98 Å². The van der Waals surface area contributed by atoms with E-state index in [1.165, 1.54) is 44.9 Å². The number of nitrogens with zero attached hydrogens (tertiary/aromatic N) is 1. The van der Waals surface area contributed by atoms with Crippen LogP contribution in [0, 0.1) is 5.92 Å². The average molecular weight is 246 g/mol. The Bertz CT molecular complexity index is 395. The van der Waals surface area contributed by atoms with Gasteiger partial charge in [-0.1, -0.05) is 44.9 Å². The van der Waals surface area contributed by atoms with Crippen molar-refractivity contribution in [1.82, 2.24) is 4.98 Å². The highest BCUT2D eigenvalue weighted by atomic mass is 16.1. The van der Waals surface area contributed by atoms with Gasteiger partial charge in [0.15, 0.2) is 0 Å². The zero-order valence-corrected chi connectivity index (χ0v) is 10.9. The van der Waals surface area contributed by atoms with Gasteiger partial charge >= 0.3 is 0 Å². The summed E-state index contributed by atoms with van der Waals surface area (Å²) in [5.41, 5.74) is 6.88. The van der Waals surface area contributed by atoms with Crippen molar-refractivity contribution in [3.05, 3.63) is 29.6 Å². The number of rotatable bonds is 3. The van der Waals surface area contributed by atoms with E-state index in [1.54, 1.807) is 12.3 Å². The second kappa shape index (κ2) is 6.53. The molecule has 0 saturated heterocycles. The van der Waals surface area contributed by atoms with Crippen molar-refractivity contribution in [3.8, 4) is 0 Å². The fraction of sp³-hybridized carbons (Fsp3) is 0.600. The molecule has 3 heteroatoms. The molecule has 3 nitrogen and oxygen atoms in total. The molecule has 98 valence electrons. The van der Waals surface area contributed by atoms with Crippen molar-refractivity contribution in [2.75, 3.05) is 0 Å². The van der Waals surface area contributed by atoms with Crippen molar-refractivity contribution in [2.24, 2.45) is 11.7 Å². The van der Waals surface area contributed by atoms with Gasteiger partial charge < -0.3 is 5.73 Å². The first-order valence-electron chi connectivity index (χ1n) is 7.00. The van der Waals surface area contributed by atoms with Crippen LogP contribution in [0.25, 0.3) is 0 Å². The summed E-state index contributed by atoms with van der Waals surface area (Å²) in [6.45, 7) is 0. The molecule has 0 unspecified atom stereocenters. The third kappa shape index (κ3) is 3.83. The van der Waals surface area contributed by atoms with Crippen LogP contribution >= 0.6 is 0 Å². The van der Waals surface area contributed by atoms with Gasteiger partial charge in [0.1, 0.15) is 0 Å². The van der Waals surface area contributed by atoms with Gasteiger partial charge in [-0.25, -0.2) is 0 Å². The third-order valence-corrected chi connectivity index (χ3v) is 3.82. The Morgan fingerprint density at radius 2 is 1.89 bits per heavy atom. The molecule has 1 aromatic rings. The number of nitrogens with two attached hydrogens (primary N) is 1. The monoisotopic (exact) mass is 246 g/mol. The topological polar surface area (TPSA) is 56.0 Å². The first kappa shape index (κ1) is 13.1. The van der Waals surface area contributed by atoms with Crippen LogP contribution in [-0.4, -0.2) is 10.9 Å². The van der Waals surface area contributed by atoms with Crippen LogP contribution in [0.2, 0.25) is 0 Å². The number of pyridine rings is 1. The predicted molar refractivity (Wildman–Crippen MR) is 72.3 cm³/mol. The summed E-state index contributed by atoms with van der Waals surface area (Å²) in [5.74, 6) is 0.359. The maximum atomic E-state index is 11.1. The van der Waals surface area contributed by atoms with E-state index in [-0.39, 0.29) is 5.91 Å². The lowest BCUT2D eigenvalue weighted by Crippen LogP contribution is -2.13. The second-order valence-electron chi connectivity index (χ2n) is 5.32. The molecule has 0 aliphatic heterocycles. The van der Waals surface area contributed by atoms with Crippen LogP contribution < -0.4 is 5.73 Å². The minimum absolute atomic E-state index is 0.365. The molecule has 1 aliphatic rings. The van der Waals surface area contributed by atoms with E-state index < -0.39 is 0 Å². The van der Waals surface area contributed by atoms with Crippen molar-refractivity contribution in [3.63, 3.8) is 0 Å². The molecule has 1 amide bonds. The largest absolute Gasteiger partial charge is 0.366 e. The summed E-state index contributed by atoms with van der Waals surface area (Å²) in [5, 5.41) is 0. The van der Waals surface area contributed by atoms with E-state index >= 15 is 0 Å². The molecule has 1 aliphatic carbocycles. The fourth-order valence-corrected chi connectivity index (χ4v) is 2.78. The van der Waals surface area contributed by atoms with Gasteiger partial charge in [-0.05, 0) is 24.5 Å². The van der Waals surface area contributed by atoms with E-state index in [1.807, 2.05) is 6.07 Å². The van der Waals surface area contributed by atoms with Gasteiger partial charge in [0.2, 0.25) is 5.91 Å². The van der Waals surface area contributed by atoms with Gasteiger partial charge in [0.25, 0.3) is 0 Å². The quantitative estimate of drug-likeness (QED) is 0.891. The highest BCUT2D eigenvalue weighted by Crippen LogP contribution is 2.25. The number of amides is 1. The van der Waals surface area contributed by atoms with Gasteiger partial charge in [-0.3, -0.25) is 9.78 Å². The molecule has 2 rings (SSSR count).